The topological polar surface area (TPSA) is 69.1 Å². The van der Waals surface area contributed by atoms with Crippen LogP contribution in [0.4, 0.5) is 0 Å². The Bertz CT molecular complexity index is 476. The van der Waals surface area contributed by atoms with E-state index in [1.165, 1.54) is 0 Å². The van der Waals surface area contributed by atoms with Crippen molar-refractivity contribution in [2.24, 2.45) is 0 Å². The predicted molar refractivity (Wildman–Crippen MR) is 57.5 cm³/mol. The zero-order valence-electron chi connectivity index (χ0n) is 8.73. The third kappa shape index (κ3) is 1.86. The summed E-state index contributed by atoms with van der Waals surface area (Å²) in [5.74, 6) is 0.841. The van der Waals surface area contributed by atoms with Crippen LogP contribution < -0.4 is 0 Å². The molecule has 2 atom stereocenters. The number of aliphatic hydroxyl groups is 2. The minimum atomic E-state index is -0.849. The van der Waals surface area contributed by atoms with Gasteiger partial charge in [-0.25, -0.2) is 4.98 Å². The third-order valence-corrected chi connectivity index (χ3v) is 2.42. The maximum atomic E-state index is 9.68. The summed E-state index contributed by atoms with van der Waals surface area (Å²) in [4.78, 5) is 7.35. The number of aromatic amines is 1. The van der Waals surface area contributed by atoms with Crippen LogP contribution in [0.1, 0.15) is 24.4 Å². The minimum Gasteiger partial charge on any atom is -0.390 e. The summed E-state index contributed by atoms with van der Waals surface area (Å²) < 4.78 is 0. The average molecular weight is 206 g/mol. The fraction of sp³-hybridized carbons (Fsp3) is 0.364. The summed E-state index contributed by atoms with van der Waals surface area (Å²) >= 11 is 0. The fourth-order valence-corrected chi connectivity index (χ4v) is 1.62. The molecule has 0 saturated carbocycles. The molecule has 0 saturated heterocycles. The molecule has 1 aromatic carbocycles. The van der Waals surface area contributed by atoms with Gasteiger partial charge in [0.1, 0.15) is 11.9 Å². The smallest absolute Gasteiger partial charge is 0.105 e. The molecule has 1 aromatic heterocycles. The van der Waals surface area contributed by atoms with E-state index in [2.05, 4.69) is 9.97 Å². The van der Waals surface area contributed by atoms with Gasteiger partial charge in [0.2, 0.25) is 0 Å². The molecule has 0 fully saturated rings. The van der Waals surface area contributed by atoms with Gasteiger partial charge < -0.3 is 15.2 Å². The Hall–Kier alpha value is -1.39. The van der Waals surface area contributed by atoms with Crippen molar-refractivity contribution < 1.29 is 10.2 Å². The van der Waals surface area contributed by atoms with Crippen molar-refractivity contribution in [2.45, 2.75) is 26.1 Å². The lowest BCUT2D eigenvalue weighted by Gasteiger charge is -2.13. The molecule has 0 amide bonds. The highest BCUT2D eigenvalue weighted by molar-refractivity contribution is 5.75. The molecule has 15 heavy (non-hydrogen) atoms. The van der Waals surface area contributed by atoms with E-state index in [-0.39, 0.29) is 0 Å². The molecule has 4 heteroatoms. The Morgan fingerprint density at radius 2 is 2.07 bits per heavy atom. The van der Waals surface area contributed by atoms with Crippen LogP contribution in [0, 0.1) is 6.92 Å². The highest BCUT2D eigenvalue weighted by Crippen LogP contribution is 2.21. The second-order valence-electron chi connectivity index (χ2n) is 3.78. The number of aromatic nitrogens is 2. The Morgan fingerprint density at radius 1 is 1.33 bits per heavy atom. The number of imidazole rings is 1. The van der Waals surface area contributed by atoms with E-state index in [4.69, 9.17) is 0 Å². The van der Waals surface area contributed by atoms with Crippen LogP contribution in [0.2, 0.25) is 0 Å². The number of aryl methyl sites for hydroxylation is 1. The first-order valence-corrected chi connectivity index (χ1v) is 4.90. The van der Waals surface area contributed by atoms with E-state index < -0.39 is 12.2 Å². The number of rotatable bonds is 2. The molecule has 0 aliphatic carbocycles. The van der Waals surface area contributed by atoms with Crippen LogP contribution in [-0.4, -0.2) is 26.3 Å². The highest BCUT2D eigenvalue weighted by atomic mass is 16.3. The van der Waals surface area contributed by atoms with E-state index in [9.17, 15) is 10.2 Å². The van der Waals surface area contributed by atoms with Crippen LogP contribution in [0.3, 0.4) is 0 Å². The second-order valence-corrected chi connectivity index (χ2v) is 3.78. The monoisotopic (exact) mass is 206 g/mol. The van der Waals surface area contributed by atoms with Crippen LogP contribution in [0.25, 0.3) is 11.0 Å². The molecule has 2 unspecified atom stereocenters. The van der Waals surface area contributed by atoms with E-state index in [0.717, 1.165) is 16.9 Å². The summed E-state index contributed by atoms with van der Waals surface area (Å²) in [5.41, 5.74) is 2.44. The Labute approximate surface area is 87.6 Å². The molecule has 2 rings (SSSR count). The number of hydrogen-bond donors (Lipinski definition) is 3. The molecule has 0 radical (unpaired) electrons. The molecule has 1 heterocycles. The van der Waals surface area contributed by atoms with Crippen LogP contribution in [0.15, 0.2) is 18.2 Å². The van der Waals surface area contributed by atoms with Crippen molar-refractivity contribution in [3.63, 3.8) is 0 Å². The standard InChI is InChI=1S/C11H14N2O2/c1-6(14)11(15)8-3-4-9-10(5-8)13-7(2)12-9/h3-6,11,14-15H,1-2H3,(H,12,13). The van der Waals surface area contributed by atoms with Crippen molar-refractivity contribution in [3.8, 4) is 0 Å². The van der Waals surface area contributed by atoms with Gasteiger partial charge in [0, 0.05) is 0 Å². The largest absolute Gasteiger partial charge is 0.390 e. The van der Waals surface area contributed by atoms with Gasteiger partial charge in [-0.2, -0.15) is 0 Å². The second kappa shape index (κ2) is 3.64. The lowest BCUT2D eigenvalue weighted by molar-refractivity contribution is 0.0306. The molecule has 4 nitrogen and oxygen atoms in total. The van der Waals surface area contributed by atoms with E-state index in [0.29, 0.717) is 5.56 Å². The molecule has 0 spiro atoms. The van der Waals surface area contributed by atoms with E-state index in [1.807, 2.05) is 19.1 Å². The number of benzene rings is 1. The van der Waals surface area contributed by atoms with Crippen LogP contribution in [0.5, 0.6) is 0 Å². The van der Waals surface area contributed by atoms with Gasteiger partial charge in [-0.1, -0.05) is 6.07 Å². The van der Waals surface area contributed by atoms with Crippen molar-refractivity contribution in [1.82, 2.24) is 9.97 Å². The van der Waals surface area contributed by atoms with E-state index >= 15 is 0 Å². The maximum absolute atomic E-state index is 9.68. The average Bonchev–Trinajstić information content (AvgIpc) is 2.55. The molecule has 2 aromatic rings. The first-order chi connectivity index (χ1) is 7.08. The minimum absolute atomic E-state index is 0.696. The van der Waals surface area contributed by atoms with Gasteiger partial charge in [0.15, 0.2) is 0 Å². The Kier molecular flexibility index (Phi) is 2.46. The number of hydrogen-bond acceptors (Lipinski definition) is 3. The molecular weight excluding hydrogens is 192 g/mol. The zero-order chi connectivity index (χ0) is 11.0. The SMILES string of the molecule is Cc1nc2ccc(C(O)C(C)O)cc2[nH]1. The van der Waals surface area contributed by atoms with Crippen LogP contribution >= 0.6 is 0 Å². The number of nitrogens with zero attached hydrogens (tertiary/aromatic N) is 1. The van der Waals surface area contributed by atoms with E-state index in [1.54, 1.807) is 13.0 Å². The first kappa shape index (κ1) is 10.1. The van der Waals surface area contributed by atoms with Crippen molar-refractivity contribution >= 4 is 11.0 Å². The lowest BCUT2D eigenvalue weighted by Crippen LogP contribution is -2.13. The van der Waals surface area contributed by atoms with Gasteiger partial charge in [0.25, 0.3) is 0 Å². The van der Waals surface area contributed by atoms with Crippen molar-refractivity contribution in [2.75, 3.05) is 0 Å². The predicted octanol–water partition coefficient (Wildman–Crippen LogP) is 1.29. The fourth-order valence-electron chi connectivity index (χ4n) is 1.62. The highest BCUT2D eigenvalue weighted by Gasteiger charge is 2.14. The number of fused-ring (bicyclic) bond motifs is 1. The van der Waals surface area contributed by atoms with Gasteiger partial charge in [-0.05, 0) is 31.5 Å². The van der Waals surface area contributed by atoms with Gasteiger partial charge in [-0.3, -0.25) is 0 Å². The summed E-state index contributed by atoms with van der Waals surface area (Å²) in [6.45, 7) is 3.44. The molecule has 80 valence electrons. The maximum Gasteiger partial charge on any atom is 0.105 e. The van der Waals surface area contributed by atoms with Gasteiger partial charge in [-0.15, -0.1) is 0 Å². The number of H-pyrrole nitrogens is 1. The van der Waals surface area contributed by atoms with Crippen LogP contribution in [-0.2, 0) is 0 Å². The quantitative estimate of drug-likeness (QED) is 0.693. The molecule has 0 aliphatic rings. The summed E-state index contributed by atoms with van der Waals surface area (Å²) in [6, 6.07) is 5.42. The molecule has 3 N–H and O–H groups in total. The third-order valence-electron chi connectivity index (χ3n) is 2.42. The lowest BCUT2D eigenvalue weighted by atomic mass is 10.1. The summed E-state index contributed by atoms with van der Waals surface area (Å²) in [6.07, 6.45) is -1.62. The Balaban J connectivity index is 2.46. The molecule has 0 bridgehead atoms. The summed E-state index contributed by atoms with van der Waals surface area (Å²) in [5, 5.41) is 19.0. The van der Waals surface area contributed by atoms with Gasteiger partial charge >= 0.3 is 0 Å². The zero-order valence-corrected chi connectivity index (χ0v) is 8.73. The Morgan fingerprint density at radius 3 is 2.73 bits per heavy atom. The first-order valence-electron chi connectivity index (χ1n) is 4.90. The van der Waals surface area contributed by atoms with Crippen molar-refractivity contribution in [1.29, 1.82) is 0 Å². The number of aliphatic hydroxyl groups excluding tert-OH is 2. The summed E-state index contributed by atoms with van der Waals surface area (Å²) in [7, 11) is 0. The molecule has 0 aliphatic heterocycles. The number of nitrogens with one attached hydrogen (secondary N) is 1. The molecular formula is C11H14N2O2. The normalized spacial score (nSPS) is 15.5. The van der Waals surface area contributed by atoms with Crippen molar-refractivity contribution in [3.05, 3.63) is 29.6 Å². The van der Waals surface area contributed by atoms with Gasteiger partial charge in [0.05, 0.1) is 17.1 Å².